The van der Waals surface area contributed by atoms with Gasteiger partial charge in [0.2, 0.25) is 0 Å². The van der Waals surface area contributed by atoms with E-state index in [4.69, 9.17) is 5.26 Å². The average molecular weight is 359 g/mol. The summed E-state index contributed by atoms with van der Waals surface area (Å²) < 4.78 is 82.8. The van der Waals surface area contributed by atoms with Gasteiger partial charge in [0.1, 0.15) is 11.3 Å². The minimum Gasteiger partial charge on any atom is -0.462 e. The highest BCUT2D eigenvalue weighted by Gasteiger charge is 2.37. The van der Waals surface area contributed by atoms with Crippen LogP contribution in [-0.2, 0) is 4.74 Å². The van der Waals surface area contributed by atoms with Crippen molar-refractivity contribution in [1.29, 1.82) is 5.26 Å². The van der Waals surface area contributed by atoms with Gasteiger partial charge in [0.15, 0.2) is 0 Å². The molecule has 0 radical (unpaired) electrons. The summed E-state index contributed by atoms with van der Waals surface area (Å²) >= 11 is -0.848. The van der Waals surface area contributed by atoms with E-state index in [1.54, 1.807) is 0 Å². The molecule has 0 aliphatic carbocycles. The lowest BCUT2D eigenvalue weighted by Gasteiger charge is -2.16. The normalized spacial score (nSPS) is 11.7. The zero-order chi connectivity index (χ0) is 17.8. The second-order valence-electron chi connectivity index (χ2n) is 3.78. The third-order valence-electron chi connectivity index (χ3n) is 2.13. The number of nitrogens with zero attached hydrogens (tertiary/aromatic N) is 1. The first-order valence-corrected chi connectivity index (χ1v) is 6.55. The molecular weight excluding hydrogens is 352 g/mol. The Labute approximate surface area is 130 Å². The third-order valence-corrected chi connectivity index (χ3v) is 2.90. The molecule has 126 valence electrons. The van der Waals surface area contributed by atoms with Crippen molar-refractivity contribution in [3.8, 4) is 11.8 Å². The molecule has 0 fully saturated rings. The Morgan fingerprint density at radius 2 is 1.87 bits per heavy atom. The number of thioether (sulfide) groups is 1. The van der Waals surface area contributed by atoms with Crippen LogP contribution >= 0.6 is 11.8 Å². The fourth-order valence-electron chi connectivity index (χ4n) is 1.47. The molecule has 0 heterocycles. The molecule has 0 aromatic heterocycles. The van der Waals surface area contributed by atoms with Crippen LogP contribution in [0.2, 0.25) is 0 Å². The van der Waals surface area contributed by atoms with Crippen LogP contribution in [0, 0.1) is 11.3 Å². The maximum Gasteiger partial charge on any atom is 0.573 e. The summed E-state index contributed by atoms with van der Waals surface area (Å²) in [7, 11) is 0. The van der Waals surface area contributed by atoms with Crippen molar-refractivity contribution in [2.45, 2.75) is 23.7 Å². The van der Waals surface area contributed by atoms with Gasteiger partial charge in [-0.05, 0) is 30.8 Å². The average Bonchev–Trinajstić information content (AvgIpc) is 2.34. The van der Waals surface area contributed by atoms with Crippen LogP contribution in [0.3, 0.4) is 0 Å². The topological polar surface area (TPSA) is 59.3 Å². The summed E-state index contributed by atoms with van der Waals surface area (Å²) in [5.41, 5.74) is -6.49. The Bertz CT molecular complexity index is 598. The van der Waals surface area contributed by atoms with Crippen LogP contribution in [0.25, 0.3) is 0 Å². The summed E-state index contributed by atoms with van der Waals surface area (Å²) in [6.07, 6.45) is -5.27. The zero-order valence-corrected chi connectivity index (χ0v) is 12.0. The number of halogens is 6. The minimum absolute atomic E-state index is 0.277. The lowest BCUT2D eigenvalue weighted by atomic mass is 10.1. The van der Waals surface area contributed by atoms with Crippen molar-refractivity contribution >= 4 is 17.7 Å². The van der Waals surface area contributed by atoms with Crippen LogP contribution in [0.4, 0.5) is 26.3 Å². The van der Waals surface area contributed by atoms with Crippen molar-refractivity contribution in [2.24, 2.45) is 0 Å². The molecule has 0 N–H and O–H groups in total. The molecule has 0 atom stereocenters. The summed E-state index contributed by atoms with van der Waals surface area (Å²) in [5, 5.41) is 8.72. The van der Waals surface area contributed by atoms with Gasteiger partial charge >= 0.3 is 17.8 Å². The molecule has 11 heteroatoms. The Morgan fingerprint density at radius 1 is 1.26 bits per heavy atom. The van der Waals surface area contributed by atoms with E-state index in [9.17, 15) is 31.1 Å². The van der Waals surface area contributed by atoms with Gasteiger partial charge in [0, 0.05) is 4.90 Å². The van der Waals surface area contributed by atoms with E-state index in [1.807, 2.05) is 0 Å². The van der Waals surface area contributed by atoms with Crippen LogP contribution in [0.15, 0.2) is 17.0 Å². The molecule has 0 saturated carbocycles. The first-order valence-electron chi connectivity index (χ1n) is 5.73. The molecule has 0 aliphatic heterocycles. The third kappa shape index (κ3) is 5.90. The first-order chi connectivity index (χ1) is 10.5. The van der Waals surface area contributed by atoms with E-state index in [-0.39, 0.29) is 6.61 Å². The SMILES string of the molecule is CCOC(=O)c1c(OC(F)(F)F)cc(C#N)cc1SC(F)(F)F. The summed E-state index contributed by atoms with van der Waals surface area (Å²) in [4.78, 5) is 10.8. The molecular formula is C12H7F6NO3S. The number of hydrogen-bond donors (Lipinski definition) is 0. The summed E-state index contributed by atoms with van der Waals surface area (Å²) in [5.74, 6) is -2.66. The van der Waals surface area contributed by atoms with Crippen LogP contribution in [-0.4, -0.2) is 24.4 Å². The quantitative estimate of drug-likeness (QED) is 0.457. The predicted octanol–water partition coefficient (Wildman–Crippen LogP) is 4.25. The molecule has 1 aromatic carbocycles. The van der Waals surface area contributed by atoms with Gasteiger partial charge < -0.3 is 9.47 Å². The van der Waals surface area contributed by atoms with Gasteiger partial charge in [-0.3, -0.25) is 0 Å². The molecule has 0 amide bonds. The van der Waals surface area contributed by atoms with Crippen molar-refractivity contribution in [3.63, 3.8) is 0 Å². The van der Waals surface area contributed by atoms with E-state index in [2.05, 4.69) is 9.47 Å². The number of benzene rings is 1. The Kier molecular flexibility index (Phi) is 5.76. The van der Waals surface area contributed by atoms with Crippen molar-refractivity contribution in [2.75, 3.05) is 6.61 Å². The molecule has 1 rings (SSSR count). The molecule has 0 aliphatic rings. The molecule has 4 nitrogen and oxygen atoms in total. The number of hydrogen-bond acceptors (Lipinski definition) is 5. The monoisotopic (exact) mass is 359 g/mol. The highest BCUT2D eigenvalue weighted by atomic mass is 32.2. The van der Waals surface area contributed by atoms with E-state index in [1.165, 1.54) is 13.0 Å². The highest BCUT2D eigenvalue weighted by molar-refractivity contribution is 8.00. The zero-order valence-electron chi connectivity index (χ0n) is 11.2. The van der Waals surface area contributed by atoms with E-state index >= 15 is 0 Å². The highest BCUT2D eigenvalue weighted by Crippen LogP contribution is 2.42. The Balaban J connectivity index is 3.54. The summed E-state index contributed by atoms with van der Waals surface area (Å²) in [6, 6.07) is 2.54. The van der Waals surface area contributed by atoms with Crippen molar-refractivity contribution < 1.29 is 40.6 Å². The number of esters is 1. The van der Waals surface area contributed by atoms with Gasteiger partial charge in [0.25, 0.3) is 0 Å². The Hall–Kier alpha value is -2.09. The van der Waals surface area contributed by atoms with E-state index in [0.29, 0.717) is 12.1 Å². The number of carbonyl (C=O) groups is 1. The van der Waals surface area contributed by atoms with Gasteiger partial charge in [-0.2, -0.15) is 18.4 Å². The fraction of sp³-hybridized carbons (Fsp3) is 0.333. The second kappa shape index (κ2) is 6.99. The lowest BCUT2D eigenvalue weighted by molar-refractivity contribution is -0.274. The van der Waals surface area contributed by atoms with E-state index < -0.39 is 51.4 Å². The van der Waals surface area contributed by atoms with Gasteiger partial charge in [-0.1, -0.05) is 0 Å². The van der Waals surface area contributed by atoms with Gasteiger partial charge in [0.05, 0.1) is 18.2 Å². The first kappa shape index (κ1) is 19.0. The largest absolute Gasteiger partial charge is 0.573 e. The van der Waals surface area contributed by atoms with E-state index in [0.717, 1.165) is 0 Å². The van der Waals surface area contributed by atoms with Gasteiger partial charge in [-0.15, -0.1) is 13.2 Å². The number of rotatable bonds is 4. The molecule has 0 spiro atoms. The minimum atomic E-state index is -5.27. The second-order valence-corrected chi connectivity index (χ2v) is 4.88. The molecule has 0 bridgehead atoms. The van der Waals surface area contributed by atoms with Crippen molar-refractivity contribution in [3.05, 3.63) is 23.3 Å². The predicted molar refractivity (Wildman–Crippen MR) is 65.7 cm³/mol. The maximum absolute atomic E-state index is 12.5. The smallest absolute Gasteiger partial charge is 0.462 e. The number of nitriles is 1. The maximum atomic E-state index is 12.5. The molecule has 23 heavy (non-hydrogen) atoms. The molecule has 1 aromatic rings. The van der Waals surface area contributed by atoms with Crippen LogP contribution < -0.4 is 4.74 Å². The standard InChI is InChI=1S/C12H7F6NO3S/c1-2-21-10(20)9-7(22-11(13,14)15)3-6(5-19)4-8(9)23-12(16,17)18/h3-4H,2H2,1H3. The van der Waals surface area contributed by atoms with Crippen molar-refractivity contribution in [1.82, 2.24) is 0 Å². The van der Waals surface area contributed by atoms with Crippen LogP contribution in [0.1, 0.15) is 22.8 Å². The number of alkyl halides is 6. The Morgan fingerprint density at radius 3 is 2.30 bits per heavy atom. The molecule has 0 unspecified atom stereocenters. The fourth-order valence-corrected chi connectivity index (χ4v) is 2.19. The number of ether oxygens (including phenoxy) is 2. The summed E-state index contributed by atoms with van der Waals surface area (Å²) in [6.45, 7) is 1.04. The van der Waals surface area contributed by atoms with Gasteiger partial charge in [-0.25, -0.2) is 4.79 Å². The number of carbonyl (C=O) groups excluding carboxylic acids is 1. The van der Waals surface area contributed by atoms with Crippen LogP contribution in [0.5, 0.6) is 5.75 Å². The lowest BCUT2D eigenvalue weighted by Crippen LogP contribution is -2.20. The molecule has 0 saturated heterocycles.